The number of aliphatic carboxylic acids is 1. The lowest BCUT2D eigenvalue weighted by Gasteiger charge is -2.17. The van der Waals surface area contributed by atoms with Gasteiger partial charge in [-0.05, 0) is 53.8 Å². The minimum absolute atomic E-state index is 0.0286. The third-order valence-corrected chi connectivity index (χ3v) is 8.47. The first kappa shape index (κ1) is 40.9. The zero-order chi connectivity index (χ0) is 32.7. The second-order valence-electron chi connectivity index (χ2n) is 8.49. The van der Waals surface area contributed by atoms with Crippen molar-refractivity contribution in [3.63, 3.8) is 0 Å². The van der Waals surface area contributed by atoms with E-state index < -0.39 is 36.2 Å². The number of ether oxygens (including phenoxy) is 3. The quantitative estimate of drug-likeness (QED) is 0.0597. The Morgan fingerprint density at radius 2 is 1.72 bits per heavy atom. The summed E-state index contributed by atoms with van der Waals surface area (Å²) in [7, 11) is 3.36. The lowest BCUT2D eigenvalue weighted by Crippen LogP contribution is -2.35. The molecular formula is C25H37F3N2O9S4. The molecule has 1 amide bonds. The number of alkyl halides is 3. The largest absolute Gasteiger partial charge is 0.490 e. The van der Waals surface area contributed by atoms with Gasteiger partial charge in [-0.15, -0.1) is 0 Å². The second kappa shape index (κ2) is 24.2. The SMILES string of the molecule is CSCCCNCSSCC(Cc1ccsc1)C(=O)NCCC(=O)OCC(COC(C)=O)OC(C)=O.O=C(O)C(F)(F)F. The van der Waals surface area contributed by atoms with Gasteiger partial charge < -0.3 is 30.0 Å². The number of amides is 1. The Hall–Kier alpha value is -2.15. The highest BCUT2D eigenvalue weighted by atomic mass is 33.1. The molecule has 0 radical (unpaired) electrons. The Balaban J connectivity index is 0.00000223. The fraction of sp³-hybridized carbons (Fsp3) is 0.640. The van der Waals surface area contributed by atoms with Gasteiger partial charge in [0.25, 0.3) is 0 Å². The van der Waals surface area contributed by atoms with Gasteiger partial charge in [0.05, 0.1) is 18.2 Å². The van der Waals surface area contributed by atoms with E-state index in [1.807, 2.05) is 28.6 Å². The lowest BCUT2D eigenvalue weighted by molar-refractivity contribution is -0.192. The molecule has 1 heterocycles. The van der Waals surface area contributed by atoms with Gasteiger partial charge in [0.1, 0.15) is 13.2 Å². The molecule has 0 spiro atoms. The predicted octanol–water partition coefficient (Wildman–Crippen LogP) is 3.77. The summed E-state index contributed by atoms with van der Waals surface area (Å²) >= 11 is 3.43. The first-order valence-electron chi connectivity index (χ1n) is 12.7. The molecule has 0 aliphatic heterocycles. The van der Waals surface area contributed by atoms with E-state index in [1.54, 1.807) is 32.9 Å². The van der Waals surface area contributed by atoms with Crippen molar-refractivity contribution < 1.29 is 56.5 Å². The summed E-state index contributed by atoms with van der Waals surface area (Å²) in [6.07, 6.45) is -2.13. The van der Waals surface area contributed by atoms with Gasteiger partial charge in [0.15, 0.2) is 6.10 Å². The number of carboxylic acid groups (broad SMARTS) is 1. The van der Waals surface area contributed by atoms with Crippen LogP contribution in [0.4, 0.5) is 13.2 Å². The smallest absolute Gasteiger partial charge is 0.475 e. The standard InChI is InChI=1S/C23H36N2O7S4.C2HF3O2/c1-17(26)30-12-21(32-18(2)27)13-31-22(28)5-8-25-23(29)20(11-19-6-10-34-14-19)15-35-36-16-24-7-4-9-33-3;3-2(4,5)1(6)7/h6,10,14,20-21,24H,4-5,7-9,11-13,15-16H2,1-3H3,(H,25,29);(H,6,7). The number of rotatable bonds is 20. The maximum atomic E-state index is 12.8. The molecular weight excluding hydrogens is 658 g/mol. The van der Waals surface area contributed by atoms with Crippen LogP contribution in [-0.2, 0) is 44.6 Å². The first-order chi connectivity index (χ1) is 20.3. The number of thioether (sulfide) groups is 1. The van der Waals surface area contributed by atoms with Crippen molar-refractivity contribution in [2.24, 2.45) is 5.92 Å². The lowest BCUT2D eigenvalue weighted by atomic mass is 10.0. The van der Waals surface area contributed by atoms with Crippen molar-refractivity contribution in [1.82, 2.24) is 10.6 Å². The molecule has 11 nitrogen and oxygen atoms in total. The molecule has 18 heteroatoms. The monoisotopic (exact) mass is 694 g/mol. The van der Waals surface area contributed by atoms with Crippen molar-refractivity contribution in [1.29, 1.82) is 0 Å². The summed E-state index contributed by atoms with van der Waals surface area (Å²) in [5.74, 6) is -2.12. The molecule has 2 unspecified atom stereocenters. The Morgan fingerprint density at radius 3 is 2.28 bits per heavy atom. The van der Waals surface area contributed by atoms with Crippen LogP contribution < -0.4 is 10.6 Å². The molecule has 1 rings (SSSR count). The second-order valence-corrected chi connectivity index (χ2v) is 12.8. The number of carboxylic acids is 1. The number of esters is 3. The number of carbonyl (C=O) groups is 5. The summed E-state index contributed by atoms with van der Waals surface area (Å²) in [6.45, 7) is 3.12. The molecule has 2 atom stereocenters. The Morgan fingerprint density at radius 1 is 1.05 bits per heavy atom. The Labute approximate surface area is 264 Å². The van der Waals surface area contributed by atoms with Crippen LogP contribution >= 0.6 is 44.7 Å². The zero-order valence-electron chi connectivity index (χ0n) is 23.9. The molecule has 0 saturated carbocycles. The van der Waals surface area contributed by atoms with Gasteiger partial charge in [0.2, 0.25) is 5.91 Å². The van der Waals surface area contributed by atoms with E-state index in [1.165, 1.54) is 13.8 Å². The van der Waals surface area contributed by atoms with Crippen molar-refractivity contribution >= 4 is 74.5 Å². The topological polar surface area (TPSA) is 157 Å². The van der Waals surface area contributed by atoms with E-state index in [2.05, 4.69) is 16.9 Å². The number of thiophene rings is 1. The van der Waals surface area contributed by atoms with Crippen LogP contribution in [0, 0.1) is 5.92 Å². The molecule has 0 saturated heterocycles. The van der Waals surface area contributed by atoms with E-state index in [9.17, 15) is 32.3 Å². The fourth-order valence-electron chi connectivity index (χ4n) is 2.80. The molecule has 1 aromatic rings. The molecule has 0 aliphatic carbocycles. The molecule has 246 valence electrons. The van der Waals surface area contributed by atoms with Gasteiger partial charge in [0, 0.05) is 26.1 Å². The van der Waals surface area contributed by atoms with Crippen LogP contribution in [0.25, 0.3) is 0 Å². The minimum atomic E-state index is -5.08. The van der Waals surface area contributed by atoms with Crippen LogP contribution in [0.5, 0.6) is 0 Å². The van der Waals surface area contributed by atoms with E-state index >= 15 is 0 Å². The summed E-state index contributed by atoms with van der Waals surface area (Å²) in [5, 5.41) is 17.4. The van der Waals surface area contributed by atoms with E-state index in [-0.39, 0.29) is 38.0 Å². The highest BCUT2D eigenvalue weighted by Gasteiger charge is 2.38. The number of carbonyl (C=O) groups excluding carboxylic acids is 4. The maximum absolute atomic E-state index is 12.8. The Kier molecular flexibility index (Phi) is 23.0. The van der Waals surface area contributed by atoms with Crippen molar-refractivity contribution in [3.8, 4) is 0 Å². The van der Waals surface area contributed by atoms with Crippen LogP contribution in [0.2, 0.25) is 0 Å². The molecule has 1 aromatic heterocycles. The van der Waals surface area contributed by atoms with Crippen LogP contribution in [0.1, 0.15) is 32.3 Å². The molecule has 0 bridgehead atoms. The summed E-state index contributed by atoms with van der Waals surface area (Å²) in [6, 6.07) is 2.02. The van der Waals surface area contributed by atoms with Crippen molar-refractivity contribution in [2.45, 2.75) is 45.4 Å². The number of hydrogen-bond acceptors (Lipinski definition) is 13. The van der Waals surface area contributed by atoms with Gasteiger partial charge in [-0.1, -0.05) is 21.6 Å². The number of nitrogens with one attached hydrogen (secondary N) is 2. The average Bonchev–Trinajstić information content (AvgIpc) is 3.43. The van der Waals surface area contributed by atoms with Gasteiger partial charge in [-0.2, -0.15) is 36.3 Å². The predicted molar refractivity (Wildman–Crippen MR) is 162 cm³/mol. The van der Waals surface area contributed by atoms with Crippen LogP contribution in [0.15, 0.2) is 16.8 Å². The summed E-state index contributed by atoms with van der Waals surface area (Å²) in [4.78, 5) is 55.9. The van der Waals surface area contributed by atoms with Crippen LogP contribution in [0.3, 0.4) is 0 Å². The molecule has 0 aliphatic rings. The molecule has 0 aromatic carbocycles. The zero-order valence-corrected chi connectivity index (χ0v) is 27.2. The third kappa shape index (κ3) is 23.9. The summed E-state index contributed by atoms with van der Waals surface area (Å²) < 4.78 is 46.7. The molecule has 0 fully saturated rings. The average molecular weight is 695 g/mol. The highest BCUT2D eigenvalue weighted by molar-refractivity contribution is 8.76. The maximum Gasteiger partial charge on any atom is 0.490 e. The van der Waals surface area contributed by atoms with Gasteiger partial charge >= 0.3 is 30.1 Å². The van der Waals surface area contributed by atoms with Crippen molar-refractivity contribution in [2.75, 3.05) is 49.9 Å². The third-order valence-electron chi connectivity index (χ3n) is 4.75. The van der Waals surface area contributed by atoms with Gasteiger partial charge in [-0.25, -0.2) is 4.79 Å². The fourth-order valence-corrected chi connectivity index (χ4v) is 6.04. The Bertz CT molecular complexity index is 970. The number of hydrogen-bond donors (Lipinski definition) is 3. The summed E-state index contributed by atoms with van der Waals surface area (Å²) in [5.41, 5.74) is 1.12. The van der Waals surface area contributed by atoms with E-state index in [0.29, 0.717) is 12.2 Å². The number of halogens is 3. The van der Waals surface area contributed by atoms with Crippen molar-refractivity contribution in [3.05, 3.63) is 22.4 Å². The highest BCUT2D eigenvalue weighted by Crippen LogP contribution is 2.25. The first-order valence-corrected chi connectivity index (χ1v) is 17.6. The van der Waals surface area contributed by atoms with E-state index in [0.717, 1.165) is 30.2 Å². The normalized spacial score (nSPS) is 12.2. The van der Waals surface area contributed by atoms with Gasteiger partial charge in [-0.3, -0.25) is 19.2 Å². The van der Waals surface area contributed by atoms with E-state index in [4.69, 9.17) is 24.1 Å². The van der Waals surface area contributed by atoms with Crippen LogP contribution in [-0.4, -0.2) is 97.1 Å². The molecule has 43 heavy (non-hydrogen) atoms. The molecule has 3 N–H and O–H groups in total. The minimum Gasteiger partial charge on any atom is -0.475 e.